The lowest BCUT2D eigenvalue weighted by Gasteiger charge is -2.37. The van der Waals surface area contributed by atoms with Crippen LogP contribution in [0.2, 0.25) is 0 Å². The molecule has 2 atom stereocenters. The van der Waals surface area contributed by atoms with Gasteiger partial charge in [0.15, 0.2) is 0 Å². The standard InChI is InChI=1S/C8H14N2O2/c1-8(2)7(11)9-5-3-12-4-6(5)10-8/h5-6,10H,3-4H2,1-2H3,(H,9,11). The molecule has 0 saturated carbocycles. The third-order valence-electron chi connectivity index (χ3n) is 2.51. The molecule has 0 aromatic rings. The van der Waals surface area contributed by atoms with E-state index in [1.165, 1.54) is 0 Å². The fraction of sp³-hybridized carbons (Fsp3) is 0.875. The van der Waals surface area contributed by atoms with Gasteiger partial charge in [-0.25, -0.2) is 0 Å². The third kappa shape index (κ3) is 1.11. The Kier molecular flexibility index (Phi) is 1.63. The fourth-order valence-electron chi connectivity index (χ4n) is 1.72. The van der Waals surface area contributed by atoms with Gasteiger partial charge < -0.3 is 10.1 Å². The zero-order chi connectivity index (χ0) is 8.77. The molecule has 0 aliphatic carbocycles. The van der Waals surface area contributed by atoms with Crippen LogP contribution in [0.5, 0.6) is 0 Å². The maximum Gasteiger partial charge on any atom is 0.240 e. The van der Waals surface area contributed by atoms with E-state index >= 15 is 0 Å². The van der Waals surface area contributed by atoms with Crippen LogP contribution in [-0.4, -0.2) is 36.7 Å². The molecular weight excluding hydrogens is 156 g/mol. The maximum absolute atomic E-state index is 11.4. The predicted molar refractivity (Wildman–Crippen MR) is 43.8 cm³/mol. The van der Waals surface area contributed by atoms with Crippen molar-refractivity contribution in [3.05, 3.63) is 0 Å². The number of ether oxygens (including phenoxy) is 1. The Morgan fingerprint density at radius 1 is 1.42 bits per heavy atom. The van der Waals surface area contributed by atoms with Crippen molar-refractivity contribution in [3.8, 4) is 0 Å². The Hall–Kier alpha value is -0.610. The van der Waals surface area contributed by atoms with E-state index in [9.17, 15) is 4.79 Å². The second-order valence-corrected chi connectivity index (χ2v) is 3.99. The van der Waals surface area contributed by atoms with Crippen molar-refractivity contribution in [2.75, 3.05) is 13.2 Å². The van der Waals surface area contributed by atoms with Crippen LogP contribution in [0.3, 0.4) is 0 Å². The second-order valence-electron chi connectivity index (χ2n) is 3.99. The molecule has 2 rings (SSSR count). The highest BCUT2D eigenvalue weighted by atomic mass is 16.5. The summed E-state index contributed by atoms with van der Waals surface area (Å²) < 4.78 is 5.26. The van der Waals surface area contributed by atoms with Crippen LogP contribution in [0, 0.1) is 0 Å². The lowest BCUT2D eigenvalue weighted by molar-refractivity contribution is -0.129. The average molecular weight is 170 g/mol. The summed E-state index contributed by atoms with van der Waals surface area (Å²) in [5.74, 6) is 0.0641. The molecule has 0 bridgehead atoms. The van der Waals surface area contributed by atoms with Crippen LogP contribution < -0.4 is 10.6 Å². The first-order valence-corrected chi connectivity index (χ1v) is 4.26. The molecule has 0 radical (unpaired) electrons. The fourth-order valence-corrected chi connectivity index (χ4v) is 1.72. The number of carbonyl (C=O) groups is 1. The lowest BCUT2D eigenvalue weighted by atomic mass is 9.96. The SMILES string of the molecule is CC1(C)NC2COCC2NC1=O. The van der Waals surface area contributed by atoms with E-state index in [-0.39, 0.29) is 18.0 Å². The third-order valence-corrected chi connectivity index (χ3v) is 2.51. The zero-order valence-corrected chi connectivity index (χ0v) is 7.39. The van der Waals surface area contributed by atoms with Gasteiger partial charge in [-0.15, -0.1) is 0 Å². The van der Waals surface area contributed by atoms with Gasteiger partial charge in [-0.2, -0.15) is 0 Å². The van der Waals surface area contributed by atoms with Crippen LogP contribution >= 0.6 is 0 Å². The second kappa shape index (κ2) is 2.44. The monoisotopic (exact) mass is 170 g/mol. The highest BCUT2D eigenvalue weighted by Gasteiger charge is 2.42. The van der Waals surface area contributed by atoms with Crippen molar-refractivity contribution in [1.29, 1.82) is 0 Å². The van der Waals surface area contributed by atoms with Gasteiger partial charge in [-0.3, -0.25) is 10.1 Å². The number of fused-ring (bicyclic) bond motifs is 1. The molecule has 2 aliphatic heterocycles. The molecule has 4 heteroatoms. The van der Waals surface area contributed by atoms with Crippen LogP contribution in [0.4, 0.5) is 0 Å². The molecule has 2 saturated heterocycles. The summed E-state index contributed by atoms with van der Waals surface area (Å²) in [7, 11) is 0. The molecule has 0 aromatic heterocycles. The number of nitrogens with one attached hydrogen (secondary N) is 2. The van der Waals surface area contributed by atoms with Crippen molar-refractivity contribution in [3.63, 3.8) is 0 Å². The normalized spacial score (nSPS) is 39.0. The van der Waals surface area contributed by atoms with Gasteiger partial charge in [-0.05, 0) is 13.8 Å². The Labute approximate surface area is 71.7 Å². The summed E-state index contributed by atoms with van der Waals surface area (Å²) in [6.07, 6.45) is 0. The number of carbonyl (C=O) groups excluding carboxylic acids is 1. The molecular formula is C8H14N2O2. The van der Waals surface area contributed by atoms with Gasteiger partial charge in [0, 0.05) is 0 Å². The molecule has 2 aliphatic rings. The number of piperazine rings is 1. The van der Waals surface area contributed by atoms with Crippen molar-refractivity contribution < 1.29 is 9.53 Å². The molecule has 12 heavy (non-hydrogen) atoms. The summed E-state index contributed by atoms with van der Waals surface area (Å²) in [6, 6.07) is 0.461. The topological polar surface area (TPSA) is 50.4 Å². The van der Waals surface area contributed by atoms with Crippen molar-refractivity contribution >= 4 is 5.91 Å². The first kappa shape index (κ1) is 8.01. The van der Waals surface area contributed by atoms with Crippen molar-refractivity contribution in [2.24, 2.45) is 0 Å². The smallest absolute Gasteiger partial charge is 0.240 e. The number of hydrogen-bond donors (Lipinski definition) is 2. The first-order valence-electron chi connectivity index (χ1n) is 4.26. The molecule has 0 aromatic carbocycles. The summed E-state index contributed by atoms with van der Waals surface area (Å²) in [4.78, 5) is 11.4. The Morgan fingerprint density at radius 3 is 2.83 bits per heavy atom. The quantitative estimate of drug-likeness (QED) is 0.503. The van der Waals surface area contributed by atoms with E-state index < -0.39 is 5.54 Å². The zero-order valence-electron chi connectivity index (χ0n) is 7.39. The Bertz CT molecular complexity index is 215. The maximum atomic E-state index is 11.4. The van der Waals surface area contributed by atoms with Crippen LogP contribution in [-0.2, 0) is 9.53 Å². The van der Waals surface area contributed by atoms with Gasteiger partial charge in [0.05, 0.1) is 30.8 Å². The Morgan fingerprint density at radius 2 is 2.08 bits per heavy atom. The van der Waals surface area contributed by atoms with Crippen LogP contribution in [0.1, 0.15) is 13.8 Å². The average Bonchev–Trinajstić information content (AvgIpc) is 2.35. The van der Waals surface area contributed by atoms with E-state index in [1.54, 1.807) is 0 Å². The molecule has 2 heterocycles. The molecule has 2 unspecified atom stereocenters. The van der Waals surface area contributed by atoms with E-state index in [4.69, 9.17) is 4.74 Å². The summed E-state index contributed by atoms with van der Waals surface area (Å²) >= 11 is 0. The Balaban J connectivity index is 2.14. The molecule has 68 valence electrons. The van der Waals surface area contributed by atoms with E-state index in [0.717, 1.165) is 0 Å². The van der Waals surface area contributed by atoms with Crippen molar-refractivity contribution in [2.45, 2.75) is 31.5 Å². The highest BCUT2D eigenvalue weighted by molar-refractivity contribution is 5.86. The van der Waals surface area contributed by atoms with Crippen LogP contribution in [0.25, 0.3) is 0 Å². The van der Waals surface area contributed by atoms with Crippen LogP contribution in [0.15, 0.2) is 0 Å². The number of amides is 1. The van der Waals surface area contributed by atoms with Gasteiger partial charge in [0.1, 0.15) is 0 Å². The van der Waals surface area contributed by atoms with Crippen molar-refractivity contribution in [1.82, 2.24) is 10.6 Å². The molecule has 2 fully saturated rings. The first-order chi connectivity index (χ1) is 5.59. The summed E-state index contributed by atoms with van der Waals surface area (Å²) in [5, 5.41) is 6.21. The summed E-state index contributed by atoms with van der Waals surface area (Å²) in [6.45, 7) is 5.11. The highest BCUT2D eigenvalue weighted by Crippen LogP contribution is 2.16. The van der Waals surface area contributed by atoms with Gasteiger partial charge in [0.25, 0.3) is 0 Å². The minimum Gasteiger partial charge on any atom is -0.378 e. The van der Waals surface area contributed by atoms with E-state index in [0.29, 0.717) is 13.2 Å². The minimum atomic E-state index is -0.450. The van der Waals surface area contributed by atoms with E-state index in [1.807, 2.05) is 13.8 Å². The minimum absolute atomic E-state index is 0.0641. The van der Waals surface area contributed by atoms with Gasteiger partial charge >= 0.3 is 0 Å². The van der Waals surface area contributed by atoms with Gasteiger partial charge in [0.2, 0.25) is 5.91 Å². The van der Waals surface area contributed by atoms with Gasteiger partial charge in [-0.1, -0.05) is 0 Å². The number of rotatable bonds is 0. The summed E-state index contributed by atoms with van der Waals surface area (Å²) in [5.41, 5.74) is -0.450. The largest absolute Gasteiger partial charge is 0.378 e. The molecule has 2 N–H and O–H groups in total. The van der Waals surface area contributed by atoms with E-state index in [2.05, 4.69) is 10.6 Å². The molecule has 0 spiro atoms. The molecule has 4 nitrogen and oxygen atoms in total. The number of hydrogen-bond acceptors (Lipinski definition) is 3. The molecule has 1 amide bonds. The predicted octanol–water partition coefficient (Wildman–Crippen LogP) is -0.748. The lowest BCUT2D eigenvalue weighted by Crippen LogP contribution is -2.68.